The summed E-state index contributed by atoms with van der Waals surface area (Å²) in [7, 11) is 0. The average Bonchev–Trinajstić information content (AvgIpc) is 2.62. The molecule has 1 aromatic rings. The molecule has 3 N–H and O–H groups in total. The number of amides is 1. The van der Waals surface area contributed by atoms with E-state index < -0.39 is 12.1 Å². The summed E-state index contributed by atoms with van der Waals surface area (Å²) in [6.45, 7) is 6.34. The first kappa shape index (κ1) is 22.2. The van der Waals surface area contributed by atoms with Crippen LogP contribution in [0.25, 0.3) is 0 Å². The van der Waals surface area contributed by atoms with E-state index in [4.69, 9.17) is 10.5 Å². The molecule has 146 valence electrons. The fraction of sp³-hybridized carbons (Fsp3) is 0.619. The molecule has 0 saturated carbocycles. The van der Waals surface area contributed by atoms with E-state index in [-0.39, 0.29) is 17.8 Å². The lowest BCUT2D eigenvalue weighted by Gasteiger charge is -2.23. The van der Waals surface area contributed by atoms with Crippen LogP contribution >= 0.6 is 0 Å². The Morgan fingerprint density at radius 2 is 1.73 bits per heavy atom. The van der Waals surface area contributed by atoms with Crippen LogP contribution in [0, 0.1) is 5.92 Å². The summed E-state index contributed by atoms with van der Waals surface area (Å²) in [6.07, 6.45) is 5.90. The van der Waals surface area contributed by atoms with Crippen LogP contribution in [-0.4, -0.2) is 30.6 Å². The third kappa shape index (κ3) is 8.48. The Balaban J connectivity index is 2.45. The summed E-state index contributed by atoms with van der Waals surface area (Å²) in [5, 5.41) is 2.76. The number of unbranched alkanes of at least 4 members (excludes halogenated alkanes) is 4. The highest BCUT2D eigenvalue weighted by atomic mass is 16.5. The summed E-state index contributed by atoms with van der Waals surface area (Å²) in [5.41, 5.74) is 6.99. The second-order valence-electron chi connectivity index (χ2n) is 7.11. The van der Waals surface area contributed by atoms with Crippen molar-refractivity contribution in [2.45, 2.75) is 71.4 Å². The van der Waals surface area contributed by atoms with Crippen LogP contribution < -0.4 is 11.1 Å². The fourth-order valence-electron chi connectivity index (χ4n) is 2.69. The number of carbonyl (C=O) groups is 2. The fourth-order valence-corrected chi connectivity index (χ4v) is 2.69. The van der Waals surface area contributed by atoms with Crippen LogP contribution in [0.15, 0.2) is 30.3 Å². The van der Waals surface area contributed by atoms with Gasteiger partial charge >= 0.3 is 5.97 Å². The van der Waals surface area contributed by atoms with Crippen molar-refractivity contribution in [1.82, 2.24) is 5.32 Å². The van der Waals surface area contributed by atoms with Crippen molar-refractivity contribution >= 4 is 11.9 Å². The maximum absolute atomic E-state index is 12.4. The minimum atomic E-state index is -0.694. The maximum Gasteiger partial charge on any atom is 0.328 e. The molecule has 0 heterocycles. The molecule has 5 heteroatoms. The largest absolute Gasteiger partial charge is 0.464 e. The van der Waals surface area contributed by atoms with Crippen LogP contribution in [0.3, 0.4) is 0 Å². The highest BCUT2D eigenvalue weighted by Crippen LogP contribution is 2.08. The molecule has 0 unspecified atom stereocenters. The van der Waals surface area contributed by atoms with E-state index in [1.165, 1.54) is 12.8 Å². The van der Waals surface area contributed by atoms with Crippen molar-refractivity contribution in [1.29, 1.82) is 0 Å². The topological polar surface area (TPSA) is 81.4 Å². The van der Waals surface area contributed by atoms with Gasteiger partial charge in [0.1, 0.15) is 6.04 Å². The quantitative estimate of drug-likeness (QED) is 0.442. The number of nitrogens with two attached hydrogens (primary N) is 1. The Morgan fingerprint density at radius 3 is 2.35 bits per heavy atom. The Hall–Kier alpha value is -1.88. The van der Waals surface area contributed by atoms with Gasteiger partial charge in [0.15, 0.2) is 0 Å². The van der Waals surface area contributed by atoms with Gasteiger partial charge in [0.2, 0.25) is 5.91 Å². The zero-order valence-electron chi connectivity index (χ0n) is 16.4. The van der Waals surface area contributed by atoms with Crippen LogP contribution in [0.4, 0.5) is 0 Å². The van der Waals surface area contributed by atoms with Gasteiger partial charge < -0.3 is 15.8 Å². The first-order chi connectivity index (χ1) is 12.5. The molecule has 5 nitrogen and oxygen atoms in total. The molecule has 0 aliphatic carbocycles. The van der Waals surface area contributed by atoms with E-state index >= 15 is 0 Å². The van der Waals surface area contributed by atoms with Crippen LogP contribution in [-0.2, 0) is 20.7 Å². The molecule has 0 radical (unpaired) electrons. The van der Waals surface area contributed by atoms with E-state index in [9.17, 15) is 9.59 Å². The zero-order chi connectivity index (χ0) is 19.4. The lowest BCUT2D eigenvalue weighted by atomic mass is 10.0. The number of ether oxygens (including phenoxy) is 1. The number of benzene rings is 1. The minimum absolute atomic E-state index is 0.0598. The summed E-state index contributed by atoms with van der Waals surface area (Å²) >= 11 is 0. The van der Waals surface area contributed by atoms with E-state index in [2.05, 4.69) is 12.2 Å². The van der Waals surface area contributed by atoms with E-state index in [1.807, 2.05) is 44.2 Å². The van der Waals surface area contributed by atoms with E-state index in [0.29, 0.717) is 13.0 Å². The molecule has 0 aromatic heterocycles. The van der Waals surface area contributed by atoms with Gasteiger partial charge in [-0.05, 0) is 24.3 Å². The van der Waals surface area contributed by atoms with Crippen molar-refractivity contribution < 1.29 is 14.3 Å². The second kappa shape index (κ2) is 12.5. The third-order valence-corrected chi connectivity index (χ3v) is 4.35. The standard InChI is InChI=1S/C21H34N2O3/c1-4-5-6-7-11-14-26-21(25)19(16(2)3)23-20(24)18(22)15-17-12-9-8-10-13-17/h8-10,12-13,16,18-19H,4-7,11,14-15,22H2,1-3H3,(H,23,24)/t18-,19-/m0/s1. The SMILES string of the molecule is CCCCCCCOC(=O)[C@@H](NC(=O)[C@@H](N)Cc1ccccc1)C(C)C. The molecule has 0 aliphatic rings. The van der Waals surface area contributed by atoms with E-state index in [0.717, 1.165) is 24.8 Å². The Kier molecular flexibility index (Phi) is 10.6. The molecule has 0 aliphatic heterocycles. The van der Waals surface area contributed by atoms with Crippen LogP contribution in [0.2, 0.25) is 0 Å². The van der Waals surface area contributed by atoms with Crippen LogP contribution in [0.5, 0.6) is 0 Å². The molecule has 0 saturated heterocycles. The first-order valence-corrected chi connectivity index (χ1v) is 9.72. The molecule has 0 fully saturated rings. The monoisotopic (exact) mass is 362 g/mol. The van der Waals surface area contributed by atoms with Gasteiger partial charge in [-0.25, -0.2) is 4.79 Å². The minimum Gasteiger partial charge on any atom is -0.464 e. The molecule has 0 spiro atoms. The molecule has 0 bridgehead atoms. The lowest BCUT2D eigenvalue weighted by Crippen LogP contribution is -2.51. The number of nitrogens with one attached hydrogen (secondary N) is 1. The maximum atomic E-state index is 12.4. The first-order valence-electron chi connectivity index (χ1n) is 9.72. The molecular formula is C21H34N2O3. The Labute approximate surface area is 157 Å². The van der Waals surface area contributed by atoms with Gasteiger partial charge in [-0.15, -0.1) is 0 Å². The Morgan fingerprint density at radius 1 is 1.08 bits per heavy atom. The van der Waals surface area contributed by atoms with Crippen molar-refractivity contribution in [3.63, 3.8) is 0 Å². The van der Waals surface area contributed by atoms with Crippen LogP contribution in [0.1, 0.15) is 58.4 Å². The van der Waals surface area contributed by atoms with Crippen molar-refractivity contribution in [3.05, 3.63) is 35.9 Å². The van der Waals surface area contributed by atoms with Gasteiger partial charge in [0.05, 0.1) is 12.6 Å². The number of esters is 1. The summed E-state index contributed by atoms with van der Waals surface area (Å²) in [6, 6.07) is 8.24. The third-order valence-electron chi connectivity index (χ3n) is 4.35. The normalized spacial score (nSPS) is 13.3. The smallest absolute Gasteiger partial charge is 0.328 e. The summed E-state index contributed by atoms with van der Waals surface area (Å²) < 4.78 is 5.35. The lowest BCUT2D eigenvalue weighted by molar-refractivity contribution is -0.149. The zero-order valence-corrected chi connectivity index (χ0v) is 16.4. The molecule has 1 aromatic carbocycles. The highest BCUT2D eigenvalue weighted by Gasteiger charge is 2.27. The second-order valence-corrected chi connectivity index (χ2v) is 7.11. The summed E-state index contributed by atoms with van der Waals surface area (Å²) in [4.78, 5) is 24.7. The number of hydrogen-bond donors (Lipinski definition) is 2. The van der Waals surface area contributed by atoms with Crippen molar-refractivity contribution in [2.24, 2.45) is 11.7 Å². The molecule has 1 amide bonds. The molecule has 1 rings (SSSR count). The Bertz CT molecular complexity index is 531. The number of carbonyl (C=O) groups excluding carboxylic acids is 2. The van der Waals surface area contributed by atoms with Gasteiger partial charge in [0, 0.05) is 0 Å². The van der Waals surface area contributed by atoms with Crippen molar-refractivity contribution in [2.75, 3.05) is 6.61 Å². The van der Waals surface area contributed by atoms with Gasteiger partial charge in [0.25, 0.3) is 0 Å². The van der Waals surface area contributed by atoms with Gasteiger partial charge in [-0.1, -0.05) is 76.8 Å². The van der Waals surface area contributed by atoms with Gasteiger partial charge in [-0.2, -0.15) is 0 Å². The number of rotatable bonds is 12. The van der Waals surface area contributed by atoms with Crippen molar-refractivity contribution in [3.8, 4) is 0 Å². The molecule has 2 atom stereocenters. The highest BCUT2D eigenvalue weighted by molar-refractivity contribution is 5.87. The van der Waals surface area contributed by atoms with Gasteiger partial charge in [-0.3, -0.25) is 4.79 Å². The molecular weight excluding hydrogens is 328 g/mol. The molecule has 26 heavy (non-hydrogen) atoms. The predicted octanol–water partition coefficient (Wildman–Crippen LogP) is 3.21. The number of hydrogen-bond acceptors (Lipinski definition) is 4. The predicted molar refractivity (Wildman–Crippen MR) is 105 cm³/mol. The average molecular weight is 363 g/mol. The van der Waals surface area contributed by atoms with E-state index in [1.54, 1.807) is 0 Å². The summed E-state index contributed by atoms with van der Waals surface area (Å²) in [5.74, 6) is -0.765.